The van der Waals surface area contributed by atoms with Crippen molar-refractivity contribution in [3.63, 3.8) is 0 Å². The van der Waals surface area contributed by atoms with E-state index in [0.29, 0.717) is 19.5 Å². The fraction of sp³-hybridized carbons (Fsp3) is 0.478. The Morgan fingerprint density at radius 2 is 1.79 bits per heavy atom. The molecule has 6 heteroatoms. The summed E-state index contributed by atoms with van der Waals surface area (Å²) in [5.74, 6) is -0.0527. The molecule has 0 amide bonds. The van der Waals surface area contributed by atoms with E-state index in [0.717, 1.165) is 43.1 Å². The lowest BCUT2D eigenvalue weighted by Gasteiger charge is -2.34. The predicted octanol–water partition coefficient (Wildman–Crippen LogP) is 1.56. The SMILES string of the molecule is COC(=O)CCn1c(C)cc(C(=O)C[NH+]2CCN(c3ccccc3C)CC2)c1C. The van der Waals surface area contributed by atoms with E-state index in [1.165, 1.54) is 23.3 Å². The van der Waals surface area contributed by atoms with Gasteiger partial charge in [-0.3, -0.25) is 9.59 Å². The average molecular weight is 399 g/mol. The van der Waals surface area contributed by atoms with E-state index in [9.17, 15) is 9.59 Å². The Kier molecular flexibility index (Phi) is 6.75. The first kappa shape index (κ1) is 21.1. The lowest BCUT2D eigenvalue weighted by atomic mass is 10.1. The summed E-state index contributed by atoms with van der Waals surface area (Å²) in [4.78, 5) is 28.2. The molecule has 0 spiro atoms. The Bertz CT molecular complexity index is 879. The normalized spacial score (nSPS) is 14.8. The molecule has 1 aromatic carbocycles. The first-order chi connectivity index (χ1) is 13.9. The van der Waals surface area contributed by atoms with E-state index in [1.54, 1.807) is 0 Å². The molecular formula is C23H32N3O3+. The quantitative estimate of drug-likeness (QED) is 0.568. The molecule has 29 heavy (non-hydrogen) atoms. The molecular weight excluding hydrogens is 366 g/mol. The average Bonchev–Trinajstić information content (AvgIpc) is 3.01. The molecule has 1 saturated heterocycles. The van der Waals surface area contributed by atoms with Crippen molar-refractivity contribution < 1.29 is 19.2 Å². The number of quaternary nitrogens is 1. The van der Waals surface area contributed by atoms with Crippen molar-refractivity contribution in [2.24, 2.45) is 0 Å². The van der Waals surface area contributed by atoms with Crippen LogP contribution in [0.25, 0.3) is 0 Å². The van der Waals surface area contributed by atoms with E-state index < -0.39 is 0 Å². The highest BCUT2D eigenvalue weighted by molar-refractivity contribution is 5.98. The molecule has 3 rings (SSSR count). The lowest BCUT2D eigenvalue weighted by Crippen LogP contribution is -3.15. The Morgan fingerprint density at radius 3 is 2.45 bits per heavy atom. The molecule has 1 N–H and O–H groups in total. The standard InChI is InChI=1S/C23H31N3O3/c1-17-7-5-6-8-21(17)25-13-11-24(12-14-25)16-22(27)20-15-18(2)26(19(20)3)10-9-23(28)29-4/h5-8,15H,9-14,16H2,1-4H3/p+1. The number of aromatic nitrogens is 1. The van der Waals surface area contributed by atoms with Gasteiger partial charge in [0.05, 0.1) is 39.7 Å². The number of rotatable bonds is 7. The summed E-state index contributed by atoms with van der Waals surface area (Å²) in [6, 6.07) is 10.4. The predicted molar refractivity (Wildman–Crippen MR) is 114 cm³/mol. The Morgan fingerprint density at radius 1 is 1.10 bits per heavy atom. The second-order valence-corrected chi connectivity index (χ2v) is 7.89. The van der Waals surface area contributed by atoms with Gasteiger partial charge in [0.2, 0.25) is 5.78 Å². The van der Waals surface area contributed by atoms with Crippen LogP contribution in [0.2, 0.25) is 0 Å². The van der Waals surface area contributed by atoms with Crippen molar-refractivity contribution in [2.45, 2.75) is 33.7 Å². The maximum atomic E-state index is 13.0. The number of esters is 1. The minimum Gasteiger partial charge on any atom is -0.469 e. The number of anilines is 1. The highest BCUT2D eigenvalue weighted by Crippen LogP contribution is 2.19. The maximum absolute atomic E-state index is 13.0. The molecule has 0 aliphatic carbocycles. The molecule has 1 aliphatic heterocycles. The van der Waals surface area contributed by atoms with Gasteiger partial charge >= 0.3 is 5.97 Å². The van der Waals surface area contributed by atoms with Gasteiger partial charge in [0.1, 0.15) is 6.54 Å². The van der Waals surface area contributed by atoms with Crippen LogP contribution in [0.4, 0.5) is 5.69 Å². The Labute approximate surface area is 173 Å². The molecule has 1 aromatic heterocycles. The number of carbonyl (C=O) groups is 2. The number of methoxy groups -OCH3 is 1. The van der Waals surface area contributed by atoms with Gasteiger partial charge < -0.3 is 19.1 Å². The summed E-state index contributed by atoms with van der Waals surface area (Å²) in [6.45, 7) is 11.0. The van der Waals surface area contributed by atoms with Gasteiger partial charge in [-0.15, -0.1) is 0 Å². The first-order valence-electron chi connectivity index (χ1n) is 10.3. The van der Waals surface area contributed by atoms with Crippen molar-refractivity contribution in [3.05, 3.63) is 52.8 Å². The number of ether oxygens (including phenoxy) is 1. The summed E-state index contributed by atoms with van der Waals surface area (Å²) < 4.78 is 6.77. The number of carbonyl (C=O) groups excluding carboxylic acids is 2. The number of para-hydroxylation sites is 1. The highest BCUT2D eigenvalue weighted by Gasteiger charge is 2.25. The molecule has 0 unspecified atom stereocenters. The van der Waals surface area contributed by atoms with E-state index in [1.807, 2.05) is 24.5 Å². The fourth-order valence-electron chi connectivity index (χ4n) is 4.21. The van der Waals surface area contributed by atoms with Crippen LogP contribution in [0, 0.1) is 20.8 Å². The molecule has 1 fully saturated rings. The van der Waals surface area contributed by atoms with E-state index >= 15 is 0 Å². The Hall–Kier alpha value is -2.60. The number of nitrogens with one attached hydrogen (secondary N) is 1. The second kappa shape index (κ2) is 9.27. The van der Waals surface area contributed by atoms with Crippen LogP contribution in [0.5, 0.6) is 0 Å². The zero-order valence-corrected chi connectivity index (χ0v) is 18.0. The molecule has 0 saturated carbocycles. The molecule has 0 radical (unpaired) electrons. The van der Waals surface area contributed by atoms with E-state index in [2.05, 4.69) is 36.1 Å². The molecule has 6 nitrogen and oxygen atoms in total. The number of Topliss-reactive ketones (excluding diaryl/α,β-unsaturated/α-hetero) is 1. The highest BCUT2D eigenvalue weighted by atomic mass is 16.5. The van der Waals surface area contributed by atoms with Gasteiger partial charge in [-0.1, -0.05) is 18.2 Å². The number of hydrogen-bond acceptors (Lipinski definition) is 4. The maximum Gasteiger partial charge on any atom is 0.307 e. The third-order valence-electron chi connectivity index (χ3n) is 5.98. The van der Waals surface area contributed by atoms with Gasteiger partial charge in [0.25, 0.3) is 0 Å². The summed E-state index contributed by atoms with van der Waals surface area (Å²) in [6.07, 6.45) is 0.312. The molecule has 2 heterocycles. The lowest BCUT2D eigenvalue weighted by molar-refractivity contribution is -0.892. The van der Waals surface area contributed by atoms with Gasteiger partial charge in [-0.25, -0.2) is 0 Å². The number of nitrogens with zero attached hydrogens (tertiary/aromatic N) is 2. The summed E-state index contributed by atoms with van der Waals surface area (Å²) >= 11 is 0. The van der Waals surface area contributed by atoms with Crippen molar-refractivity contribution in [3.8, 4) is 0 Å². The van der Waals surface area contributed by atoms with Crippen LogP contribution in [-0.4, -0.2) is 56.2 Å². The number of hydrogen-bond donors (Lipinski definition) is 1. The minimum atomic E-state index is -0.235. The van der Waals surface area contributed by atoms with Crippen molar-refractivity contribution in [1.82, 2.24) is 4.57 Å². The van der Waals surface area contributed by atoms with Gasteiger partial charge in [0, 0.05) is 29.2 Å². The number of piperazine rings is 1. The topological polar surface area (TPSA) is 56.0 Å². The van der Waals surface area contributed by atoms with Crippen LogP contribution in [-0.2, 0) is 16.1 Å². The van der Waals surface area contributed by atoms with Gasteiger partial charge in [0.15, 0.2) is 0 Å². The largest absolute Gasteiger partial charge is 0.469 e. The van der Waals surface area contributed by atoms with E-state index in [-0.39, 0.29) is 11.8 Å². The summed E-state index contributed by atoms with van der Waals surface area (Å²) in [5.41, 5.74) is 5.32. The molecule has 156 valence electrons. The number of aryl methyl sites for hydroxylation is 2. The smallest absolute Gasteiger partial charge is 0.307 e. The number of benzene rings is 1. The third-order valence-corrected chi connectivity index (χ3v) is 5.98. The van der Waals surface area contributed by atoms with Crippen LogP contribution < -0.4 is 9.80 Å². The first-order valence-corrected chi connectivity index (χ1v) is 10.3. The van der Waals surface area contributed by atoms with Gasteiger partial charge in [-0.05, 0) is 38.5 Å². The molecule has 0 bridgehead atoms. The third kappa shape index (κ3) is 4.88. The summed E-state index contributed by atoms with van der Waals surface area (Å²) in [7, 11) is 1.40. The van der Waals surface area contributed by atoms with Crippen LogP contribution in [0.3, 0.4) is 0 Å². The van der Waals surface area contributed by atoms with Crippen LogP contribution in [0.1, 0.15) is 33.7 Å². The van der Waals surface area contributed by atoms with Crippen LogP contribution >= 0.6 is 0 Å². The number of ketones is 1. The monoisotopic (exact) mass is 398 g/mol. The van der Waals surface area contributed by atoms with Crippen LogP contribution in [0.15, 0.2) is 30.3 Å². The molecule has 1 aliphatic rings. The fourth-order valence-corrected chi connectivity index (χ4v) is 4.21. The zero-order chi connectivity index (χ0) is 21.0. The summed E-state index contributed by atoms with van der Waals surface area (Å²) in [5, 5.41) is 0. The molecule has 0 atom stereocenters. The van der Waals surface area contributed by atoms with Crippen molar-refractivity contribution >= 4 is 17.4 Å². The Balaban J connectivity index is 1.59. The van der Waals surface area contributed by atoms with Crippen molar-refractivity contribution in [2.75, 3.05) is 44.7 Å². The van der Waals surface area contributed by atoms with E-state index in [4.69, 9.17) is 4.74 Å². The van der Waals surface area contributed by atoms with Gasteiger partial charge in [-0.2, -0.15) is 0 Å². The minimum absolute atomic E-state index is 0.182. The van der Waals surface area contributed by atoms with Crippen molar-refractivity contribution in [1.29, 1.82) is 0 Å². The molecule has 2 aromatic rings. The zero-order valence-electron chi connectivity index (χ0n) is 18.0. The second-order valence-electron chi connectivity index (χ2n) is 7.89.